The number of phenols is 1. The molecule has 3 aromatic rings. The van der Waals surface area contributed by atoms with E-state index in [2.05, 4.69) is 11.1 Å². The van der Waals surface area contributed by atoms with E-state index in [-0.39, 0.29) is 35.3 Å². The topological polar surface area (TPSA) is 140 Å². The first-order valence-electron chi connectivity index (χ1n) is 15.3. The van der Waals surface area contributed by atoms with Crippen molar-refractivity contribution in [2.45, 2.75) is 52.5 Å². The summed E-state index contributed by atoms with van der Waals surface area (Å²) < 4.78 is 6.13. The van der Waals surface area contributed by atoms with Crippen LogP contribution in [0.1, 0.15) is 48.6 Å². The standard InChI is InChI=1S/C34H36B2N2O7/c1-19-15-26-31(34(41)38(33(26)40)25-8-6-7-24(17-25)36(43)44)27-18-35(42)45-29(30(19)27)11-10-23(28-9-4-5-12-37-28)16-22-13-20(2)32(39)21(3)14-22/h4-9,12-14,16-17,26-27,29,31,39,42-44H,10-11,15,18H2,1-3H3/b23-16-/t26-,27+,29-,31-/m1/s1. The SMILES string of the molecule is CC1=C2[C@@H](CC/C(=C/c3cc(C)c(O)c(C)c3)c3ccccn3)OB(O)C[C@@H]2[C@@H]2C(=O)N(c3cccc(B(O)O)c3)C(=O)[C@@H]2C1. The Kier molecular flexibility index (Phi) is 8.54. The molecular weight excluding hydrogens is 570 g/mol. The quantitative estimate of drug-likeness (QED) is 0.182. The molecule has 45 heavy (non-hydrogen) atoms. The average molecular weight is 606 g/mol. The number of aromatic hydroxyl groups is 1. The molecule has 1 aromatic heterocycles. The number of carbonyl (C=O) groups excluding carboxylic acids is 2. The van der Waals surface area contributed by atoms with Crippen LogP contribution in [0.5, 0.6) is 5.75 Å². The Labute approximate surface area is 263 Å². The Balaban J connectivity index is 1.29. The molecule has 2 fully saturated rings. The molecule has 2 aromatic carbocycles. The number of allylic oxidation sites excluding steroid dienone is 2. The van der Waals surface area contributed by atoms with Gasteiger partial charge in [-0.3, -0.25) is 19.5 Å². The highest BCUT2D eigenvalue weighted by Gasteiger charge is 2.57. The Morgan fingerprint density at radius 2 is 1.80 bits per heavy atom. The normalized spacial score (nSPS) is 23.4. The van der Waals surface area contributed by atoms with Crippen LogP contribution in [0.2, 0.25) is 6.32 Å². The molecular formula is C34H36B2N2O7. The zero-order valence-corrected chi connectivity index (χ0v) is 25.6. The van der Waals surface area contributed by atoms with Crippen LogP contribution >= 0.6 is 0 Å². The van der Waals surface area contributed by atoms with E-state index in [1.54, 1.807) is 18.3 Å². The minimum atomic E-state index is -1.73. The summed E-state index contributed by atoms with van der Waals surface area (Å²) in [6, 6.07) is 15.8. The number of hydrogen-bond acceptors (Lipinski definition) is 8. The lowest BCUT2D eigenvalue weighted by Gasteiger charge is -2.42. The van der Waals surface area contributed by atoms with Gasteiger partial charge in [0.15, 0.2) is 0 Å². The summed E-state index contributed by atoms with van der Waals surface area (Å²) in [4.78, 5) is 33.4. The molecule has 2 amide bonds. The molecule has 11 heteroatoms. The second kappa shape index (κ2) is 12.4. The maximum absolute atomic E-state index is 13.9. The van der Waals surface area contributed by atoms with E-state index in [9.17, 15) is 29.8 Å². The third-order valence-corrected chi connectivity index (χ3v) is 9.40. The van der Waals surface area contributed by atoms with E-state index in [1.165, 1.54) is 12.1 Å². The van der Waals surface area contributed by atoms with Gasteiger partial charge in [0.25, 0.3) is 0 Å². The third-order valence-electron chi connectivity index (χ3n) is 9.40. The van der Waals surface area contributed by atoms with E-state index < -0.39 is 32.2 Å². The zero-order valence-electron chi connectivity index (χ0n) is 25.6. The first-order chi connectivity index (χ1) is 21.5. The Morgan fingerprint density at radius 1 is 1.04 bits per heavy atom. The molecule has 0 radical (unpaired) electrons. The number of nitrogens with zero attached hydrogens (tertiary/aromatic N) is 2. The maximum atomic E-state index is 13.9. The predicted octanol–water partition coefficient (Wildman–Crippen LogP) is 3.43. The van der Waals surface area contributed by atoms with Gasteiger partial charge < -0.3 is 24.8 Å². The number of benzene rings is 2. The smallest absolute Gasteiger partial charge is 0.488 e. The molecule has 2 aliphatic heterocycles. The highest BCUT2D eigenvalue weighted by molar-refractivity contribution is 6.58. The molecule has 9 nitrogen and oxygen atoms in total. The molecule has 3 aliphatic rings. The fourth-order valence-electron chi connectivity index (χ4n) is 7.39. The third kappa shape index (κ3) is 5.89. The summed E-state index contributed by atoms with van der Waals surface area (Å²) in [6.07, 6.45) is 5.06. The highest BCUT2D eigenvalue weighted by atomic mass is 16.5. The van der Waals surface area contributed by atoms with Crippen LogP contribution in [0.3, 0.4) is 0 Å². The molecule has 6 rings (SSSR count). The van der Waals surface area contributed by atoms with E-state index in [0.717, 1.165) is 44.0 Å². The number of aromatic nitrogens is 1. The van der Waals surface area contributed by atoms with Crippen LogP contribution in [0.15, 0.2) is 71.9 Å². The molecule has 230 valence electrons. The van der Waals surface area contributed by atoms with Gasteiger partial charge in [-0.25, -0.2) is 0 Å². The fourth-order valence-corrected chi connectivity index (χ4v) is 7.39. The number of imide groups is 1. The number of hydrogen-bond donors (Lipinski definition) is 4. The number of pyridine rings is 1. The van der Waals surface area contributed by atoms with Crippen LogP contribution in [-0.2, 0) is 14.2 Å². The number of anilines is 1. The molecule has 4 N–H and O–H groups in total. The summed E-state index contributed by atoms with van der Waals surface area (Å²) in [5.74, 6) is -1.96. The van der Waals surface area contributed by atoms with Crippen molar-refractivity contribution in [3.63, 3.8) is 0 Å². The fraction of sp³-hybridized carbons (Fsp3) is 0.324. The number of amides is 2. The van der Waals surface area contributed by atoms with Gasteiger partial charge in [0.05, 0.1) is 29.3 Å². The van der Waals surface area contributed by atoms with Crippen molar-refractivity contribution in [2.75, 3.05) is 4.90 Å². The number of rotatable bonds is 7. The lowest BCUT2D eigenvalue weighted by Crippen LogP contribution is -2.46. The first kappa shape index (κ1) is 31.0. The van der Waals surface area contributed by atoms with Gasteiger partial charge in [-0.2, -0.15) is 0 Å². The maximum Gasteiger partial charge on any atom is 0.488 e. The molecule has 4 atom stereocenters. The summed E-state index contributed by atoms with van der Waals surface area (Å²) in [6.45, 7) is 5.71. The van der Waals surface area contributed by atoms with E-state index in [1.807, 2.05) is 51.1 Å². The minimum Gasteiger partial charge on any atom is -0.507 e. The van der Waals surface area contributed by atoms with Gasteiger partial charge in [0.2, 0.25) is 11.8 Å². The lowest BCUT2D eigenvalue weighted by atomic mass is 9.58. The van der Waals surface area contributed by atoms with Crippen molar-refractivity contribution in [3.05, 3.63) is 94.3 Å². The van der Waals surface area contributed by atoms with Crippen LogP contribution < -0.4 is 10.4 Å². The predicted molar refractivity (Wildman–Crippen MR) is 173 cm³/mol. The van der Waals surface area contributed by atoms with Crippen LogP contribution in [-0.4, -0.2) is 57.3 Å². The molecule has 0 unspecified atom stereocenters. The number of carbonyl (C=O) groups is 2. The monoisotopic (exact) mass is 606 g/mol. The largest absolute Gasteiger partial charge is 0.507 e. The first-order valence-corrected chi connectivity index (χ1v) is 15.3. The van der Waals surface area contributed by atoms with E-state index >= 15 is 0 Å². The Morgan fingerprint density at radius 3 is 2.49 bits per heavy atom. The molecule has 2 saturated heterocycles. The van der Waals surface area contributed by atoms with Crippen LogP contribution in [0.25, 0.3) is 11.6 Å². The molecule has 0 spiro atoms. The molecule has 3 heterocycles. The van der Waals surface area contributed by atoms with Crippen molar-refractivity contribution in [1.29, 1.82) is 0 Å². The Bertz CT molecular complexity index is 1680. The summed E-state index contributed by atoms with van der Waals surface area (Å²) in [5.41, 5.74) is 6.74. The van der Waals surface area contributed by atoms with Gasteiger partial charge in [-0.1, -0.05) is 23.8 Å². The molecule has 1 aliphatic carbocycles. The van der Waals surface area contributed by atoms with Crippen molar-refractivity contribution in [2.24, 2.45) is 17.8 Å². The van der Waals surface area contributed by atoms with Crippen molar-refractivity contribution in [3.8, 4) is 5.75 Å². The number of aryl methyl sites for hydroxylation is 2. The van der Waals surface area contributed by atoms with Crippen LogP contribution in [0, 0.1) is 31.6 Å². The lowest BCUT2D eigenvalue weighted by molar-refractivity contribution is -0.122. The number of fused-ring (bicyclic) bond motifs is 3. The van der Waals surface area contributed by atoms with Crippen LogP contribution in [0.4, 0.5) is 5.69 Å². The van der Waals surface area contributed by atoms with Gasteiger partial charge in [-0.05, 0) is 128 Å². The summed E-state index contributed by atoms with van der Waals surface area (Å²) in [5, 5.41) is 40.5. The molecule has 0 saturated carbocycles. The van der Waals surface area contributed by atoms with Crippen molar-refractivity contribution >= 4 is 48.9 Å². The number of phenolic OH excluding ortho intramolecular Hbond substituents is 1. The van der Waals surface area contributed by atoms with E-state index in [4.69, 9.17) is 4.65 Å². The van der Waals surface area contributed by atoms with Crippen molar-refractivity contribution < 1.29 is 34.4 Å². The average Bonchev–Trinajstić information content (AvgIpc) is 3.26. The van der Waals surface area contributed by atoms with Gasteiger partial charge in [0.1, 0.15) is 5.75 Å². The van der Waals surface area contributed by atoms with Gasteiger partial charge in [-0.15, -0.1) is 0 Å². The zero-order chi connectivity index (χ0) is 32.0. The molecule has 0 bridgehead atoms. The van der Waals surface area contributed by atoms with Gasteiger partial charge >= 0.3 is 14.2 Å². The highest BCUT2D eigenvalue weighted by Crippen LogP contribution is 2.51. The summed E-state index contributed by atoms with van der Waals surface area (Å²) in [7, 11) is -2.82. The second-order valence-electron chi connectivity index (χ2n) is 12.4. The van der Waals surface area contributed by atoms with E-state index in [0.29, 0.717) is 24.9 Å². The second-order valence-corrected chi connectivity index (χ2v) is 12.4. The summed E-state index contributed by atoms with van der Waals surface area (Å²) >= 11 is 0. The van der Waals surface area contributed by atoms with Crippen molar-refractivity contribution in [1.82, 2.24) is 4.98 Å². The van der Waals surface area contributed by atoms with Gasteiger partial charge in [0, 0.05) is 6.20 Å². The minimum absolute atomic E-state index is 0.189. The Hall–Kier alpha value is -4.02.